The molecule has 5 rings (SSSR count). The van der Waals surface area contributed by atoms with Gasteiger partial charge in [-0.3, -0.25) is 9.59 Å². The molecule has 5 nitrogen and oxygen atoms in total. The molecule has 1 atom stereocenters. The van der Waals surface area contributed by atoms with Crippen molar-refractivity contribution in [2.45, 2.75) is 38.0 Å². The first-order valence-corrected chi connectivity index (χ1v) is 10.9. The summed E-state index contributed by atoms with van der Waals surface area (Å²) in [5, 5.41) is 5.35. The Kier molecular flexibility index (Phi) is 6.46. The van der Waals surface area contributed by atoms with E-state index in [2.05, 4.69) is 10.6 Å². The topological polar surface area (TPSA) is 67.4 Å². The largest absolute Gasteiger partial charge is 0.484 e. The summed E-state index contributed by atoms with van der Waals surface area (Å²) in [5.41, 5.74) is -1.83. The molecule has 182 valence electrons. The highest BCUT2D eigenvalue weighted by atomic mass is 35.5. The predicted octanol–water partition coefficient (Wildman–Crippen LogP) is 4.62. The van der Waals surface area contributed by atoms with E-state index in [1.165, 1.54) is 12.1 Å². The second kappa shape index (κ2) is 9.05. The quantitative estimate of drug-likeness (QED) is 0.543. The molecule has 3 aliphatic rings. The average Bonchev–Trinajstić information content (AvgIpc) is 3.27. The lowest BCUT2D eigenvalue weighted by Gasteiger charge is -2.36. The van der Waals surface area contributed by atoms with E-state index in [0.29, 0.717) is 25.3 Å². The van der Waals surface area contributed by atoms with E-state index < -0.39 is 34.7 Å². The van der Waals surface area contributed by atoms with Gasteiger partial charge in [0.2, 0.25) is 5.91 Å². The molecule has 34 heavy (non-hydrogen) atoms. The van der Waals surface area contributed by atoms with E-state index in [9.17, 15) is 31.5 Å². The van der Waals surface area contributed by atoms with Crippen molar-refractivity contribution < 1.29 is 36.3 Å². The van der Waals surface area contributed by atoms with Gasteiger partial charge in [-0.15, -0.1) is 0 Å². The number of alkyl halides is 3. The minimum atomic E-state index is -4.69. The van der Waals surface area contributed by atoms with Crippen molar-refractivity contribution in [3.05, 3.63) is 64.2 Å². The van der Waals surface area contributed by atoms with Crippen LogP contribution in [0.1, 0.15) is 30.4 Å². The summed E-state index contributed by atoms with van der Waals surface area (Å²) in [6, 6.07) is 5.70. The van der Waals surface area contributed by atoms with E-state index in [1.807, 2.05) is 0 Å². The summed E-state index contributed by atoms with van der Waals surface area (Å²) in [6.45, 7) is -0.584. The number of halogens is 6. The van der Waals surface area contributed by atoms with Crippen LogP contribution in [-0.4, -0.2) is 24.5 Å². The SMILES string of the molecule is O=C(COc1ccc(Cl)c(F)c1)N[C@H]1CC2(C(=O)NCc3cc(F)cc(C(F)(F)F)c3)CC1C2. The number of benzene rings is 2. The molecule has 0 heterocycles. The van der Waals surface area contributed by atoms with E-state index in [1.54, 1.807) is 0 Å². The summed E-state index contributed by atoms with van der Waals surface area (Å²) < 4.78 is 70.9. The van der Waals surface area contributed by atoms with Crippen LogP contribution in [0.5, 0.6) is 5.75 Å². The second-order valence-electron chi connectivity index (χ2n) is 8.72. The fourth-order valence-electron chi connectivity index (χ4n) is 4.68. The first-order valence-electron chi connectivity index (χ1n) is 10.5. The Morgan fingerprint density at radius 1 is 1.09 bits per heavy atom. The highest BCUT2D eigenvalue weighted by Gasteiger charge is 2.60. The predicted molar refractivity (Wildman–Crippen MR) is 112 cm³/mol. The zero-order valence-electron chi connectivity index (χ0n) is 17.6. The fraction of sp³-hybridized carbons (Fsp3) is 0.391. The molecule has 3 aliphatic carbocycles. The minimum absolute atomic E-state index is 0.00610. The van der Waals surface area contributed by atoms with E-state index >= 15 is 0 Å². The molecule has 2 amide bonds. The normalized spacial score (nSPS) is 23.2. The third kappa shape index (κ3) is 5.11. The molecule has 0 aliphatic heterocycles. The molecular weight excluding hydrogens is 483 g/mol. The number of ether oxygens (including phenoxy) is 1. The molecule has 0 spiro atoms. The van der Waals surface area contributed by atoms with Crippen LogP contribution in [0.3, 0.4) is 0 Å². The Morgan fingerprint density at radius 3 is 2.50 bits per heavy atom. The van der Waals surface area contributed by atoms with Gasteiger partial charge in [-0.05, 0) is 61.1 Å². The third-order valence-electron chi connectivity index (χ3n) is 6.31. The Balaban J connectivity index is 1.28. The van der Waals surface area contributed by atoms with Gasteiger partial charge < -0.3 is 15.4 Å². The number of fused-ring (bicyclic) bond motifs is 1. The molecule has 3 saturated carbocycles. The van der Waals surface area contributed by atoms with Gasteiger partial charge in [-0.25, -0.2) is 8.78 Å². The van der Waals surface area contributed by atoms with Gasteiger partial charge >= 0.3 is 6.18 Å². The summed E-state index contributed by atoms with van der Waals surface area (Å²) in [4.78, 5) is 25.0. The van der Waals surface area contributed by atoms with Crippen LogP contribution in [-0.2, 0) is 22.3 Å². The zero-order valence-corrected chi connectivity index (χ0v) is 18.4. The van der Waals surface area contributed by atoms with Crippen LogP contribution < -0.4 is 15.4 Å². The molecule has 0 unspecified atom stereocenters. The van der Waals surface area contributed by atoms with Crippen LogP contribution in [0.25, 0.3) is 0 Å². The molecule has 0 radical (unpaired) electrons. The van der Waals surface area contributed by atoms with E-state index in [0.717, 1.165) is 18.2 Å². The molecule has 2 N–H and O–H groups in total. The number of amides is 2. The van der Waals surface area contributed by atoms with Gasteiger partial charge in [-0.2, -0.15) is 13.2 Å². The van der Waals surface area contributed by atoms with Crippen LogP contribution in [0.15, 0.2) is 36.4 Å². The van der Waals surface area contributed by atoms with Crippen molar-refractivity contribution in [2.75, 3.05) is 6.61 Å². The first-order chi connectivity index (χ1) is 15.9. The average molecular weight is 503 g/mol. The van der Waals surface area contributed by atoms with Crippen molar-refractivity contribution in [1.82, 2.24) is 10.6 Å². The Bertz CT molecular complexity index is 1120. The van der Waals surface area contributed by atoms with Gasteiger partial charge in [0.15, 0.2) is 6.61 Å². The number of hydrogen-bond acceptors (Lipinski definition) is 3. The maximum atomic E-state index is 13.6. The van der Waals surface area contributed by atoms with Gasteiger partial charge in [0, 0.05) is 18.7 Å². The molecule has 2 bridgehead atoms. The van der Waals surface area contributed by atoms with Gasteiger partial charge in [0.05, 0.1) is 16.0 Å². The molecule has 2 aromatic carbocycles. The van der Waals surface area contributed by atoms with Gasteiger partial charge in [0.25, 0.3) is 5.91 Å². The maximum Gasteiger partial charge on any atom is 0.416 e. The summed E-state index contributed by atoms with van der Waals surface area (Å²) in [6.07, 6.45) is -3.25. The number of hydrogen-bond donors (Lipinski definition) is 2. The molecule has 11 heteroatoms. The molecule has 2 aromatic rings. The van der Waals surface area contributed by atoms with E-state index in [-0.39, 0.29) is 47.4 Å². The Labute approximate surface area is 196 Å². The van der Waals surface area contributed by atoms with Gasteiger partial charge in [-0.1, -0.05) is 11.6 Å². The number of rotatable bonds is 7. The molecule has 0 aromatic heterocycles. The highest BCUT2D eigenvalue weighted by molar-refractivity contribution is 6.30. The molecular formula is C23H20ClF5N2O3. The third-order valence-corrected chi connectivity index (χ3v) is 6.62. The lowest BCUT2D eigenvalue weighted by Crippen LogP contribution is -2.44. The highest BCUT2D eigenvalue weighted by Crippen LogP contribution is 2.58. The number of nitrogens with one attached hydrogen (secondary N) is 2. The zero-order chi connectivity index (χ0) is 24.7. The minimum Gasteiger partial charge on any atom is -0.484 e. The van der Waals surface area contributed by atoms with Gasteiger partial charge in [0.1, 0.15) is 17.4 Å². The Morgan fingerprint density at radius 2 is 1.82 bits per heavy atom. The maximum absolute atomic E-state index is 13.6. The monoisotopic (exact) mass is 502 g/mol. The molecule has 0 saturated heterocycles. The summed E-state index contributed by atoms with van der Waals surface area (Å²) in [7, 11) is 0. The first kappa shape index (κ1) is 24.3. The van der Waals surface area contributed by atoms with Crippen LogP contribution >= 0.6 is 11.6 Å². The fourth-order valence-corrected chi connectivity index (χ4v) is 4.80. The second-order valence-corrected chi connectivity index (χ2v) is 9.13. The van der Waals surface area contributed by atoms with Crippen molar-refractivity contribution in [1.29, 1.82) is 0 Å². The Hall–Kier alpha value is -2.88. The number of carbonyl (C=O) groups is 2. The smallest absolute Gasteiger partial charge is 0.416 e. The lowest BCUT2D eigenvalue weighted by atomic mass is 9.69. The van der Waals surface area contributed by atoms with Crippen molar-refractivity contribution in [2.24, 2.45) is 11.3 Å². The summed E-state index contributed by atoms with van der Waals surface area (Å²) in [5.74, 6) is -2.23. The van der Waals surface area contributed by atoms with Crippen LogP contribution in [0, 0.1) is 23.0 Å². The molecule has 3 fully saturated rings. The number of carbonyl (C=O) groups excluding carboxylic acids is 2. The summed E-state index contributed by atoms with van der Waals surface area (Å²) >= 11 is 5.60. The van der Waals surface area contributed by atoms with E-state index in [4.69, 9.17) is 16.3 Å². The van der Waals surface area contributed by atoms with Crippen molar-refractivity contribution >= 4 is 23.4 Å². The van der Waals surface area contributed by atoms with Crippen molar-refractivity contribution in [3.8, 4) is 5.75 Å². The van der Waals surface area contributed by atoms with Crippen LogP contribution in [0.2, 0.25) is 5.02 Å². The van der Waals surface area contributed by atoms with Crippen molar-refractivity contribution in [3.63, 3.8) is 0 Å². The van der Waals surface area contributed by atoms with Crippen LogP contribution in [0.4, 0.5) is 22.0 Å². The lowest BCUT2D eigenvalue weighted by molar-refractivity contribution is -0.137. The standard InChI is InChI=1S/C23H20ClF5N2O3/c24-17-2-1-16(6-18(17)26)34-11-20(32)31-19-9-22(7-13(19)8-22)21(33)30-10-12-3-14(23(27,28)29)5-15(25)4-12/h1-6,13,19H,7-11H2,(H,30,33)(H,31,32)/t13?,19-,22?/m0/s1.